The fourth-order valence-electron chi connectivity index (χ4n) is 4.99. The van der Waals surface area contributed by atoms with Crippen molar-refractivity contribution in [2.24, 2.45) is 5.41 Å². The van der Waals surface area contributed by atoms with Crippen LogP contribution >= 0.6 is 11.3 Å². The van der Waals surface area contributed by atoms with Gasteiger partial charge in [0.1, 0.15) is 0 Å². The van der Waals surface area contributed by atoms with Crippen LogP contribution in [0.25, 0.3) is 10.1 Å². The number of likely N-dealkylation sites (tertiary alicyclic amines) is 2. The van der Waals surface area contributed by atoms with Gasteiger partial charge < -0.3 is 10.0 Å². The molecule has 2 saturated heterocycles. The third-order valence-electron chi connectivity index (χ3n) is 6.89. The minimum atomic E-state index is -4.34. The van der Waals surface area contributed by atoms with E-state index >= 15 is 0 Å². The highest BCUT2D eigenvalue weighted by Gasteiger charge is 2.41. The topological polar surface area (TPSA) is 78.7 Å². The van der Waals surface area contributed by atoms with Gasteiger partial charge in [-0.15, -0.1) is 11.3 Å². The van der Waals surface area contributed by atoms with E-state index in [1.54, 1.807) is 4.90 Å². The third kappa shape index (κ3) is 4.41. The SMILES string of the molecule is O=C(O)c1ccn(C(=O)N2CCC3(CCN(Cc4cc5ccc(C(F)(F)F)cc5s4)C3)CC2)n1. The van der Waals surface area contributed by atoms with Crippen LogP contribution in [0.3, 0.4) is 0 Å². The van der Waals surface area contributed by atoms with Crippen LogP contribution in [0.4, 0.5) is 18.0 Å². The van der Waals surface area contributed by atoms with Gasteiger partial charge in [-0.05, 0) is 60.9 Å². The van der Waals surface area contributed by atoms with Gasteiger partial charge in [-0.25, -0.2) is 9.59 Å². The summed E-state index contributed by atoms with van der Waals surface area (Å²) in [6.45, 7) is 3.67. The number of amides is 1. The van der Waals surface area contributed by atoms with Gasteiger partial charge in [-0.1, -0.05) is 6.07 Å². The molecule has 2 aliphatic heterocycles. The molecule has 1 amide bonds. The van der Waals surface area contributed by atoms with Crippen molar-refractivity contribution in [3.8, 4) is 0 Å². The van der Waals surface area contributed by atoms with E-state index in [1.165, 1.54) is 35.7 Å². The number of fused-ring (bicyclic) bond motifs is 1. The predicted octanol–water partition coefficient (Wildman–Crippen LogP) is 4.77. The normalized spacial score (nSPS) is 18.7. The average molecular weight is 493 g/mol. The second kappa shape index (κ2) is 8.38. The summed E-state index contributed by atoms with van der Waals surface area (Å²) in [6, 6.07) is 6.85. The lowest BCUT2D eigenvalue weighted by Crippen LogP contribution is -2.45. The highest BCUT2D eigenvalue weighted by Crippen LogP contribution is 2.42. The first kappa shape index (κ1) is 22.9. The number of aromatic carboxylic acids is 1. The maximum Gasteiger partial charge on any atom is 0.416 e. The first-order valence-electron chi connectivity index (χ1n) is 11.0. The number of piperidine rings is 1. The van der Waals surface area contributed by atoms with Crippen LogP contribution in [0.2, 0.25) is 0 Å². The molecular formula is C23H23F3N4O3S. The third-order valence-corrected chi connectivity index (χ3v) is 7.98. The largest absolute Gasteiger partial charge is 0.476 e. The minimum absolute atomic E-state index is 0.118. The summed E-state index contributed by atoms with van der Waals surface area (Å²) in [7, 11) is 0. The van der Waals surface area contributed by atoms with Gasteiger partial charge in [0.05, 0.1) is 5.56 Å². The number of carbonyl (C=O) groups is 2. The number of carboxylic acids is 1. The van der Waals surface area contributed by atoms with Crippen molar-refractivity contribution >= 4 is 33.4 Å². The van der Waals surface area contributed by atoms with Crippen LogP contribution < -0.4 is 0 Å². The quantitative estimate of drug-likeness (QED) is 0.570. The Morgan fingerprint density at radius 1 is 1.09 bits per heavy atom. The fourth-order valence-corrected chi connectivity index (χ4v) is 6.14. The molecule has 1 aromatic carbocycles. The van der Waals surface area contributed by atoms with Crippen LogP contribution in [0, 0.1) is 5.41 Å². The van der Waals surface area contributed by atoms with Crippen molar-refractivity contribution < 1.29 is 27.9 Å². The lowest BCUT2D eigenvalue weighted by Gasteiger charge is -2.39. The van der Waals surface area contributed by atoms with Crippen LogP contribution in [-0.2, 0) is 12.7 Å². The number of hydrogen-bond acceptors (Lipinski definition) is 5. The molecule has 1 spiro atoms. The molecule has 2 aliphatic rings. The molecule has 0 bridgehead atoms. The molecular weight excluding hydrogens is 469 g/mol. The number of nitrogens with zero attached hydrogens (tertiary/aromatic N) is 4. The van der Waals surface area contributed by atoms with Crippen LogP contribution in [0.1, 0.15) is 40.2 Å². The molecule has 3 aromatic rings. The van der Waals surface area contributed by atoms with Crippen molar-refractivity contribution in [2.75, 3.05) is 26.2 Å². The van der Waals surface area contributed by atoms with Crippen LogP contribution in [-0.4, -0.2) is 62.9 Å². The minimum Gasteiger partial charge on any atom is -0.476 e. The summed E-state index contributed by atoms with van der Waals surface area (Å²) in [4.78, 5) is 28.8. The molecule has 11 heteroatoms. The van der Waals surface area contributed by atoms with E-state index in [9.17, 15) is 22.8 Å². The van der Waals surface area contributed by atoms with Crippen molar-refractivity contribution in [3.05, 3.63) is 52.7 Å². The summed E-state index contributed by atoms with van der Waals surface area (Å²) in [5.41, 5.74) is -0.666. The van der Waals surface area contributed by atoms with Crippen LogP contribution in [0.15, 0.2) is 36.5 Å². The molecule has 2 fully saturated rings. The predicted molar refractivity (Wildman–Crippen MR) is 120 cm³/mol. The number of thiophene rings is 1. The fraction of sp³-hybridized carbons (Fsp3) is 0.435. The van der Waals surface area contributed by atoms with Gasteiger partial charge in [-0.2, -0.15) is 23.0 Å². The Hall–Kier alpha value is -2.92. The lowest BCUT2D eigenvalue weighted by atomic mass is 9.78. The van der Waals surface area contributed by atoms with Gasteiger partial charge in [0.2, 0.25) is 0 Å². The molecule has 0 saturated carbocycles. The van der Waals surface area contributed by atoms with Crippen molar-refractivity contribution in [1.82, 2.24) is 19.6 Å². The average Bonchev–Trinajstić information content (AvgIpc) is 3.51. The Balaban J connectivity index is 1.19. The number of aromatic nitrogens is 2. The Morgan fingerprint density at radius 3 is 2.50 bits per heavy atom. The smallest absolute Gasteiger partial charge is 0.416 e. The molecule has 5 rings (SSSR count). The molecule has 1 N–H and O–H groups in total. The van der Waals surface area contributed by atoms with Gasteiger partial charge in [0.25, 0.3) is 0 Å². The van der Waals surface area contributed by atoms with Crippen molar-refractivity contribution in [3.63, 3.8) is 0 Å². The number of halogens is 3. The highest BCUT2D eigenvalue weighted by atomic mass is 32.1. The van der Waals surface area contributed by atoms with E-state index in [0.717, 1.165) is 53.4 Å². The molecule has 0 unspecified atom stereocenters. The number of carbonyl (C=O) groups excluding carboxylic acids is 1. The molecule has 4 heterocycles. The van der Waals surface area contributed by atoms with E-state index in [1.807, 2.05) is 6.07 Å². The van der Waals surface area contributed by atoms with Gasteiger partial charge in [0, 0.05) is 42.0 Å². The van der Waals surface area contributed by atoms with E-state index in [0.29, 0.717) is 24.3 Å². The monoisotopic (exact) mass is 492 g/mol. The molecule has 0 radical (unpaired) electrons. The first-order valence-corrected chi connectivity index (χ1v) is 11.8. The van der Waals surface area contributed by atoms with Gasteiger partial charge in [0.15, 0.2) is 5.69 Å². The molecule has 2 aromatic heterocycles. The van der Waals surface area contributed by atoms with Gasteiger partial charge in [-0.3, -0.25) is 4.90 Å². The van der Waals surface area contributed by atoms with Gasteiger partial charge >= 0.3 is 18.2 Å². The number of hydrogen-bond donors (Lipinski definition) is 1. The maximum atomic E-state index is 13.0. The van der Waals surface area contributed by atoms with Crippen molar-refractivity contribution in [1.29, 1.82) is 0 Å². The standard InChI is InChI=1S/C23H23F3N4O3S/c24-23(25,26)16-2-1-15-11-17(34-19(15)12-16)13-28-8-4-22(14-28)5-9-29(10-6-22)21(33)30-7-3-18(27-30)20(31)32/h1-3,7,11-12H,4-6,8-10,13-14H2,(H,31,32). The van der Waals surface area contributed by atoms with Crippen molar-refractivity contribution in [2.45, 2.75) is 32.0 Å². The first-order chi connectivity index (χ1) is 16.1. The second-order valence-corrected chi connectivity index (χ2v) is 10.3. The number of alkyl halides is 3. The molecule has 0 aliphatic carbocycles. The zero-order valence-corrected chi connectivity index (χ0v) is 19.0. The van der Waals surface area contributed by atoms with E-state index in [2.05, 4.69) is 10.00 Å². The second-order valence-electron chi connectivity index (χ2n) is 9.14. The van der Waals surface area contributed by atoms with Crippen LogP contribution in [0.5, 0.6) is 0 Å². The molecule has 0 atom stereocenters. The number of benzene rings is 1. The Labute approximate surface area is 197 Å². The Bertz CT molecular complexity index is 1240. The van der Waals surface area contributed by atoms with E-state index < -0.39 is 17.7 Å². The number of rotatable bonds is 3. The summed E-state index contributed by atoms with van der Waals surface area (Å²) in [5, 5.41) is 13.7. The van der Waals surface area contributed by atoms with E-state index in [4.69, 9.17) is 5.11 Å². The molecule has 7 nitrogen and oxygen atoms in total. The summed E-state index contributed by atoms with van der Waals surface area (Å²) >= 11 is 1.41. The molecule has 180 valence electrons. The summed E-state index contributed by atoms with van der Waals surface area (Å²) < 4.78 is 40.7. The Morgan fingerprint density at radius 2 is 1.82 bits per heavy atom. The Kier molecular flexibility index (Phi) is 5.64. The highest BCUT2D eigenvalue weighted by molar-refractivity contribution is 7.19. The van der Waals surface area contributed by atoms with E-state index in [-0.39, 0.29) is 17.1 Å². The lowest BCUT2D eigenvalue weighted by molar-refractivity contribution is -0.137. The summed E-state index contributed by atoms with van der Waals surface area (Å²) in [5.74, 6) is -1.17. The zero-order chi connectivity index (χ0) is 24.1. The zero-order valence-electron chi connectivity index (χ0n) is 18.2. The maximum absolute atomic E-state index is 13.0. The molecule has 34 heavy (non-hydrogen) atoms. The number of carboxylic acid groups (broad SMARTS) is 1. The summed E-state index contributed by atoms with van der Waals surface area (Å²) in [6.07, 6.45) is -0.252.